The molecule has 0 fully saturated rings. The molecule has 0 aliphatic heterocycles. The highest BCUT2D eigenvalue weighted by molar-refractivity contribution is 7.99. The van der Waals surface area contributed by atoms with Gasteiger partial charge in [0, 0.05) is 10.5 Å². The van der Waals surface area contributed by atoms with Crippen LogP contribution in [0.2, 0.25) is 0 Å². The molecular weight excluding hydrogens is 334 g/mol. The smallest absolute Gasteiger partial charge is 0.349 e. The van der Waals surface area contributed by atoms with Crippen LogP contribution in [0.3, 0.4) is 0 Å². The fourth-order valence-corrected chi connectivity index (χ4v) is 2.71. The molecule has 116 valence electrons. The van der Waals surface area contributed by atoms with Crippen LogP contribution in [-0.4, -0.2) is 29.7 Å². The molecule has 0 saturated carbocycles. The Balaban J connectivity index is 2.02. The number of nitrogens with zero attached hydrogens (tertiary/aromatic N) is 1. The van der Waals surface area contributed by atoms with E-state index in [1.165, 1.54) is 37.6 Å². The number of esters is 1. The van der Waals surface area contributed by atoms with Crippen molar-refractivity contribution in [3.63, 3.8) is 0 Å². The highest BCUT2D eigenvalue weighted by atomic mass is 32.2. The minimum Gasteiger partial charge on any atom is -0.465 e. The summed E-state index contributed by atoms with van der Waals surface area (Å²) in [6, 6.07) is 5.75. The zero-order chi connectivity index (χ0) is 16.1. The lowest BCUT2D eigenvalue weighted by Crippen LogP contribution is -2.11. The van der Waals surface area contributed by atoms with Crippen LogP contribution in [0.5, 0.6) is 0 Å². The molecule has 0 unspecified atom stereocenters. The minimum atomic E-state index is -2.51. The number of thiazole rings is 1. The van der Waals surface area contributed by atoms with E-state index in [0.717, 1.165) is 11.3 Å². The fourth-order valence-electron chi connectivity index (χ4n) is 1.48. The average molecular weight is 344 g/mol. The van der Waals surface area contributed by atoms with Gasteiger partial charge in [0.1, 0.15) is 4.88 Å². The molecule has 22 heavy (non-hydrogen) atoms. The Kier molecular flexibility index (Phi) is 5.45. The second-order valence-corrected chi connectivity index (χ2v) is 5.97. The van der Waals surface area contributed by atoms with Gasteiger partial charge in [0.25, 0.3) is 11.7 Å². The van der Waals surface area contributed by atoms with Gasteiger partial charge in [-0.25, -0.2) is 9.78 Å². The number of carbonyl (C=O) groups is 2. The largest absolute Gasteiger partial charge is 0.465 e. The van der Waals surface area contributed by atoms with Crippen molar-refractivity contribution in [2.24, 2.45) is 0 Å². The molecular formula is C13H10F2N2O3S2. The molecule has 0 bridgehead atoms. The molecule has 0 saturated heterocycles. The minimum absolute atomic E-state index is 0.247. The maximum absolute atomic E-state index is 12.2. The van der Waals surface area contributed by atoms with Crippen LogP contribution in [0.1, 0.15) is 20.0 Å². The summed E-state index contributed by atoms with van der Waals surface area (Å²) in [6.45, 7) is 0. The summed E-state index contributed by atoms with van der Waals surface area (Å²) >= 11 is 1.38. The van der Waals surface area contributed by atoms with E-state index in [4.69, 9.17) is 0 Å². The molecule has 1 aromatic heterocycles. The molecule has 2 aromatic rings. The number of methoxy groups -OCH3 is 1. The average Bonchev–Trinajstić information content (AvgIpc) is 2.95. The zero-order valence-electron chi connectivity index (χ0n) is 11.2. The lowest BCUT2D eigenvalue weighted by Gasteiger charge is -2.03. The predicted molar refractivity (Wildman–Crippen MR) is 79.7 cm³/mol. The standard InChI is InChI=1S/C13H10F2N2O3S2/c1-20-11(19)9-6-16-13(22-9)17-10(18)7-2-4-8(5-3-7)21-12(14)15/h2-6,12H,1H3,(H,16,17,18). The monoisotopic (exact) mass is 344 g/mol. The number of anilines is 1. The van der Waals surface area contributed by atoms with Crippen molar-refractivity contribution < 1.29 is 23.1 Å². The first-order valence-electron chi connectivity index (χ1n) is 5.90. The molecule has 1 N–H and O–H groups in total. The van der Waals surface area contributed by atoms with E-state index in [-0.39, 0.29) is 10.0 Å². The second-order valence-electron chi connectivity index (χ2n) is 3.88. The summed E-state index contributed by atoms with van der Waals surface area (Å²) in [5.41, 5.74) is 0.299. The number of amides is 1. The van der Waals surface area contributed by atoms with Crippen molar-refractivity contribution >= 4 is 40.1 Å². The van der Waals surface area contributed by atoms with Crippen molar-refractivity contribution in [1.82, 2.24) is 4.98 Å². The Bertz CT molecular complexity index is 674. The van der Waals surface area contributed by atoms with Gasteiger partial charge in [0.05, 0.1) is 13.3 Å². The normalized spacial score (nSPS) is 10.5. The number of hydrogen-bond donors (Lipinski definition) is 1. The molecule has 0 aliphatic carbocycles. The number of benzene rings is 1. The van der Waals surface area contributed by atoms with E-state index in [1.54, 1.807) is 0 Å². The van der Waals surface area contributed by atoms with Gasteiger partial charge in [-0.2, -0.15) is 8.78 Å². The molecule has 0 atom stereocenters. The molecule has 1 aromatic carbocycles. The maximum Gasteiger partial charge on any atom is 0.349 e. The third-order valence-electron chi connectivity index (χ3n) is 2.45. The third-order valence-corrected chi connectivity index (χ3v) is 4.07. The Hall–Kier alpha value is -2.00. The van der Waals surface area contributed by atoms with Crippen molar-refractivity contribution in [3.05, 3.63) is 40.9 Å². The van der Waals surface area contributed by atoms with Crippen LogP contribution in [-0.2, 0) is 4.74 Å². The highest BCUT2D eigenvalue weighted by Crippen LogP contribution is 2.25. The summed E-state index contributed by atoms with van der Waals surface area (Å²) in [4.78, 5) is 27.8. The topological polar surface area (TPSA) is 68.3 Å². The van der Waals surface area contributed by atoms with E-state index in [0.29, 0.717) is 22.2 Å². The van der Waals surface area contributed by atoms with Crippen molar-refractivity contribution in [2.75, 3.05) is 12.4 Å². The molecule has 1 heterocycles. The van der Waals surface area contributed by atoms with E-state index in [9.17, 15) is 18.4 Å². The van der Waals surface area contributed by atoms with Crippen LogP contribution in [0.4, 0.5) is 13.9 Å². The number of thioether (sulfide) groups is 1. The Morgan fingerprint density at radius 2 is 2.00 bits per heavy atom. The summed E-state index contributed by atoms with van der Waals surface area (Å²) < 4.78 is 28.9. The summed E-state index contributed by atoms with van der Waals surface area (Å²) in [5, 5.41) is 2.77. The van der Waals surface area contributed by atoms with Crippen LogP contribution in [0.25, 0.3) is 0 Å². The first-order chi connectivity index (χ1) is 10.5. The van der Waals surface area contributed by atoms with Crippen LogP contribution in [0.15, 0.2) is 35.4 Å². The number of ether oxygens (including phenoxy) is 1. The number of carbonyl (C=O) groups excluding carboxylic acids is 2. The van der Waals surface area contributed by atoms with Gasteiger partial charge < -0.3 is 4.74 Å². The zero-order valence-corrected chi connectivity index (χ0v) is 12.8. The summed E-state index contributed by atoms with van der Waals surface area (Å²) in [7, 11) is 1.25. The highest BCUT2D eigenvalue weighted by Gasteiger charge is 2.13. The second kappa shape index (κ2) is 7.32. The van der Waals surface area contributed by atoms with Crippen LogP contribution in [0, 0.1) is 0 Å². The number of nitrogens with one attached hydrogen (secondary N) is 1. The SMILES string of the molecule is COC(=O)c1cnc(NC(=O)c2ccc(SC(F)F)cc2)s1. The number of hydrogen-bond acceptors (Lipinski definition) is 6. The molecule has 0 radical (unpaired) electrons. The molecule has 0 aliphatic rings. The Morgan fingerprint density at radius 1 is 1.32 bits per heavy atom. The van der Waals surface area contributed by atoms with Crippen LogP contribution < -0.4 is 5.32 Å². The van der Waals surface area contributed by atoms with E-state index < -0.39 is 17.6 Å². The number of alkyl halides is 2. The van der Waals surface area contributed by atoms with Gasteiger partial charge in [-0.1, -0.05) is 23.1 Å². The van der Waals surface area contributed by atoms with Crippen molar-refractivity contribution in [3.8, 4) is 0 Å². The fraction of sp³-hybridized carbons (Fsp3) is 0.154. The van der Waals surface area contributed by atoms with Gasteiger partial charge in [0.15, 0.2) is 5.13 Å². The predicted octanol–water partition coefficient (Wildman–Crippen LogP) is 3.50. The number of halogens is 2. The van der Waals surface area contributed by atoms with Gasteiger partial charge in [-0.15, -0.1) is 0 Å². The summed E-state index contributed by atoms with van der Waals surface area (Å²) in [6.07, 6.45) is 1.30. The molecule has 1 amide bonds. The molecule has 9 heteroatoms. The first-order valence-corrected chi connectivity index (χ1v) is 7.59. The van der Waals surface area contributed by atoms with Crippen molar-refractivity contribution in [1.29, 1.82) is 0 Å². The number of aromatic nitrogens is 1. The van der Waals surface area contributed by atoms with Gasteiger partial charge in [0.2, 0.25) is 0 Å². The third kappa shape index (κ3) is 4.25. The molecule has 0 spiro atoms. The van der Waals surface area contributed by atoms with Gasteiger partial charge in [-0.3, -0.25) is 10.1 Å². The molecule has 2 rings (SSSR count). The molecule has 5 nitrogen and oxygen atoms in total. The Labute approximate surface area is 132 Å². The van der Waals surface area contributed by atoms with Gasteiger partial charge >= 0.3 is 5.97 Å². The Morgan fingerprint density at radius 3 is 2.59 bits per heavy atom. The number of rotatable bonds is 5. The van der Waals surface area contributed by atoms with E-state index in [2.05, 4.69) is 15.0 Å². The lowest BCUT2D eigenvalue weighted by atomic mass is 10.2. The maximum atomic E-state index is 12.2. The lowest BCUT2D eigenvalue weighted by molar-refractivity contribution is 0.0606. The summed E-state index contributed by atoms with van der Waals surface area (Å²) in [5.74, 6) is -3.49. The first kappa shape index (κ1) is 16.4. The quantitative estimate of drug-likeness (QED) is 0.664. The van der Waals surface area contributed by atoms with Crippen molar-refractivity contribution in [2.45, 2.75) is 10.7 Å². The van der Waals surface area contributed by atoms with Gasteiger partial charge in [-0.05, 0) is 24.3 Å². The van der Waals surface area contributed by atoms with E-state index in [1.807, 2.05) is 0 Å². The van der Waals surface area contributed by atoms with E-state index >= 15 is 0 Å². The van der Waals surface area contributed by atoms with Crippen LogP contribution >= 0.6 is 23.1 Å².